The van der Waals surface area contributed by atoms with Crippen LogP contribution in [0.4, 0.5) is 0 Å². The molecule has 1 heterocycles. The van der Waals surface area contributed by atoms with E-state index in [0.717, 1.165) is 12.8 Å². The van der Waals surface area contributed by atoms with Gasteiger partial charge in [0.1, 0.15) is 12.1 Å². The first kappa shape index (κ1) is 11.7. The summed E-state index contributed by atoms with van der Waals surface area (Å²) in [4.78, 5) is 26.9. The molecule has 2 unspecified atom stereocenters. The van der Waals surface area contributed by atoms with Crippen molar-refractivity contribution in [2.45, 2.75) is 63.6 Å². The number of hydrogen-bond acceptors (Lipinski definition) is 2. The van der Waals surface area contributed by atoms with Crippen molar-refractivity contribution in [3.63, 3.8) is 0 Å². The first-order valence-corrected chi connectivity index (χ1v) is 7.79. The lowest BCUT2D eigenvalue weighted by molar-refractivity contribution is -0.153. The molecule has 19 heavy (non-hydrogen) atoms. The summed E-state index contributed by atoms with van der Waals surface area (Å²) in [6.45, 7) is 1.90. The van der Waals surface area contributed by atoms with E-state index in [1.807, 2.05) is 11.8 Å². The van der Waals surface area contributed by atoms with Gasteiger partial charge in [-0.3, -0.25) is 9.59 Å². The fourth-order valence-electron chi connectivity index (χ4n) is 3.68. The molecule has 104 valence electrons. The van der Waals surface area contributed by atoms with Crippen LogP contribution < -0.4 is 5.32 Å². The standard InChI is InChI=1S/C15H22N2O2/c1-8-14(18)16-12(9-2-3-9)15(19)17(8)13(10-4-5-10)11-6-7-11/h8-13H,2-7H2,1H3,(H,16,18). The van der Waals surface area contributed by atoms with Crippen LogP contribution in [0.15, 0.2) is 0 Å². The van der Waals surface area contributed by atoms with E-state index in [4.69, 9.17) is 0 Å². The van der Waals surface area contributed by atoms with Crippen LogP contribution in [-0.2, 0) is 9.59 Å². The van der Waals surface area contributed by atoms with Gasteiger partial charge in [0, 0.05) is 6.04 Å². The quantitative estimate of drug-likeness (QED) is 0.830. The molecule has 0 bridgehead atoms. The number of amides is 2. The topological polar surface area (TPSA) is 49.4 Å². The lowest BCUT2D eigenvalue weighted by Gasteiger charge is -2.43. The Kier molecular flexibility index (Phi) is 2.45. The van der Waals surface area contributed by atoms with E-state index in [-0.39, 0.29) is 23.9 Å². The van der Waals surface area contributed by atoms with E-state index in [0.29, 0.717) is 23.8 Å². The monoisotopic (exact) mass is 262 g/mol. The number of rotatable bonds is 4. The molecular formula is C15H22N2O2. The third kappa shape index (κ3) is 1.96. The summed E-state index contributed by atoms with van der Waals surface area (Å²) >= 11 is 0. The highest BCUT2D eigenvalue weighted by atomic mass is 16.2. The number of hydrogen-bond donors (Lipinski definition) is 1. The molecule has 2 atom stereocenters. The Hall–Kier alpha value is -1.06. The third-order valence-electron chi connectivity index (χ3n) is 5.24. The number of nitrogens with one attached hydrogen (secondary N) is 1. The van der Waals surface area contributed by atoms with Crippen molar-refractivity contribution in [3.05, 3.63) is 0 Å². The average Bonchev–Trinajstić information content (AvgIpc) is 3.27. The second-order valence-corrected chi connectivity index (χ2v) is 6.91. The van der Waals surface area contributed by atoms with Crippen LogP contribution in [0.5, 0.6) is 0 Å². The highest BCUT2D eigenvalue weighted by molar-refractivity contribution is 5.97. The first-order valence-electron chi connectivity index (χ1n) is 7.79. The normalized spacial score (nSPS) is 35.8. The second kappa shape index (κ2) is 3.97. The number of piperazine rings is 1. The van der Waals surface area contributed by atoms with E-state index < -0.39 is 0 Å². The van der Waals surface area contributed by atoms with Crippen LogP contribution in [0.3, 0.4) is 0 Å². The second-order valence-electron chi connectivity index (χ2n) is 6.91. The highest BCUT2D eigenvalue weighted by Crippen LogP contribution is 2.49. The molecule has 3 aliphatic carbocycles. The molecule has 0 aromatic rings. The molecular weight excluding hydrogens is 240 g/mol. The molecule has 0 spiro atoms. The minimum absolute atomic E-state index is 0.0581. The van der Waals surface area contributed by atoms with E-state index in [9.17, 15) is 9.59 Å². The van der Waals surface area contributed by atoms with Crippen molar-refractivity contribution in [1.82, 2.24) is 10.2 Å². The molecule has 0 aromatic carbocycles. The van der Waals surface area contributed by atoms with Gasteiger partial charge in [-0.1, -0.05) is 0 Å². The maximum atomic E-state index is 12.8. The fraction of sp³-hybridized carbons (Fsp3) is 0.867. The summed E-state index contributed by atoms with van der Waals surface area (Å²) < 4.78 is 0. The minimum Gasteiger partial charge on any atom is -0.342 e. The Morgan fingerprint density at radius 1 is 1.05 bits per heavy atom. The maximum absolute atomic E-state index is 12.8. The van der Waals surface area contributed by atoms with Crippen molar-refractivity contribution in [1.29, 1.82) is 0 Å². The summed E-state index contributed by atoms with van der Waals surface area (Å²) in [6, 6.07) is -0.132. The molecule has 4 heteroatoms. The smallest absolute Gasteiger partial charge is 0.246 e. The third-order valence-corrected chi connectivity index (χ3v) is 5.24. The molecule has 0 aromatic heterocycles. The van der Waals surface area contributed by atoms with Crippen LogP contribution in [0, 0.1) is 17.8 Å². The maximum Gasteiger partial charge on any atom is 0.246 e. The predicted octanol–water partition coefficient (Wildman–Crippen LogP) is 1.30. The Morgan fingerprint density at radius 2 is 1.63 bits per heavy atom. The van der Waals surface area contributed by atoms with Crippen LogP contribution in [0.1, 0.15) is 45.4 Å². The molecule has 4 fully saturated rings. The van der Waals surface area contributed by atoms with Gasteiger partial charge in [-0.15, -0.1) is 0 Å². The summed E-state index contributed by atoms with van der Waals surface area (Å²) in [5.41, 5.74) is 0. The van der Waals surface area contributed by atoms with Gasteiger partial charge in [-0.25, -0.2) is 0 Å². The summed E-state index contributed by atoms with van der Waals surface area (Å²) in [6.07, 6.45) is 7.16. The zero-order valence-corrected chi connectivity index (χ0v) is 11.5. The average molecular weight is 262 g/mol. The van der Waals surface area contributed by atoms with Gasteiger partial charge in [0.15, 0.2) is 0 Å². The van der Waals surface area contributed by atoms with Crippen molar-refractivity contribution < 1.29 is 9.59 Å². The van der Waals surface area contributed by atoms with E-state index in [2.05, 4.69) is 5.32 Å². The summed E-state index contributed by atoms with van der Waals surface area (Å²) in [5, 5.41) is 2.95. The van der Waals surface area contributed by atoms with Crippen LogP contribution in [0.25, 0.3) is 0 Å². The Morgan fingerprint density at radius 3 is 2.11 bits per heavy atom. The lowest BCUT2D eigenvalue weighted by atomic mass is 9.97. The van der Waals surface area contributed by atoms with E-state index in [1.165, 1.54) is 25.7 Å². The molecule has 1 aliphatic heterocycles. The summed E-state index contributed by atoms with van der Waals surface area (Å²) in [5.74, 6) is 2.01. The zero-order valence-electron chi connectivity index (χ0n) is 11.5. The molecule has 3 saturated carbocycles. The van der Waals surface area contributed by atoms with Gasteiger partial charge < -0.3 is 10.2 Å². The first-order chi connectivity index (χ1) is 9.16. The SMILES string of the molecule is CC1C(=O)NC(C2CC2)C(=O)N1C(C1CC1)C1CC1. The van der Waals surface area contributed by atoms with E-state index >= 15 is 0 Å². The number of carbonyl (C=O) groups excluding carboxylic acids is 2. The Bertz CT molecular complexity index is 412. The molecule has 4 nitrogen and oxygen atoms in total. The molecule has 1 N–H and O–H groups in total. The Balaban J connectivity index is 1.62. The number of carbonyl (C=O) groups is 2. The lowest BCUT2D eigenvalue weighted by Crippen LogP contribution is -2.66. The summed E-state index contributed by atoms with van der Waals surface area (Å²) in [7, 11) is 0. The van der Waals surface area contributed by atoms with Gasteiger partial charge in [-0.05, 0) is 63.2 Å². The molecule has 4 aliphatic rings. The molecule has 2 amide bonds. The van der Waals surface area contributed by atoms with Gasteiger partial charge in [0.25, 0.3) is 0 Å². The molecule has 0 radical (unpaired) electrons. The predicted molar refractivity (Wildman–Crippen MR) is 70.2 cm³/mol. The Labute approximate surface area is 113 Å². The molecule has 4 rings (SSSR count). The zero-order chi connectivity index (χ0) is 13.1. The fourth-order valence-corrected chi connectivity index (χ4v) is 3.68. The van der Waals surface area contributed by atoms with Gasteiger partial charge >= 0.3 is 0 Å². The van der Waals surface area contributed by atoms with Crippen molar-refractivity contribution in [2.24, 2.45) is 17.8 Å². The largest absolute Gasteiger partial charge is 0.342 e. The van der Waals surface area contributed by atoms with Crippen LogP contribution >= 0.6 is 0 Å². The highest BCUT2D eigenvalue weighted by Gasteiger charge is 2.53. The van der Waals surface area contributed by atoms with Gasteiger partial charge in [0.2, 0.25) is 11.8 Å². The van der Waals surface area contributed by atoms with E-state index in [1.54, 1.807) is 0 Å². The van der Waals surface area contributed by atoms with Crippen LogP contribution in [0.2, 0.25) is 0 Å². The van der Waals surface area contributed by atoms with Crippen molar-refractivity contribution >= 4 is 11.8 Å². The van der Waals surface area contributed by atoms with Crippen molar-refractivity contribution in [2.75, 3.05) is 0 Å². The van der Waals surface area contributed by atoms with Crippen LogP contribution in [-0.4, -0.2) is 34.8 Å². The number of nitrogens with zero attached hydrogens (tertiary/aromatic N) is 1. The minimum atomic E-state index is -0.270. The van der Waals surface area contributed by atoms with Gasteiger partial charge in [0.05, 0.1) is 0 Å². The van der Waals surface area contributed by atoms with Gasteiger partial charge in [-0.2, -0.15) is 0 Å². The van der Waals surface area contributed by atoms with Crippen molar-refractivity contribution in [3.8, 4) is 0 Å². The molecule has 1 saturated heterocycles.